The van der Waals surface area contributed by atoms with E-state index in [4.69, 9.17) is 16.3 Å². The van der Waals surface area contributed by atoms with E-state index in [1.165, 1.54) is 0 Å². The van der Waals surface area contributed by atoms with E-state index < -0.39 is 0 Å². The lowest BCUT2D eigenvalue weighted by Crippen LogP contribution is -2.06. The average molecular weight is 352 g/mol. The van der Waals surface area contributed by atoms with Crippen LogP contribution in [0.25, 0.3) is 0 Å². The lowest BCUT2D eigenvalue weighted by atomic mass is 9.97. The van der Waals surface area contributed by atoms with Crippen LogP contribution in [-0.4, -0.2) is 12.4 Å². The molecule has 2 nitrogen and oxygen atoms in total. The van der Waals surface area contributed by atoms with Crippen molar-refractivity contribution in [1.82, 2.24) is 0 Å². The van der Waals surface area contributed by atoms with E-state index in [9.17, 15) is 4.79 Å². The van der Waals surface area contributed by atoms with Gasteiger partial charge in [-0.1, -0.05) is 27.5 Å². The zero-order valence-corrected chi connectivity index (χ0v) is 13.2. The topological polar surface area (TPSA) is 26.3 Å². The van der Waals surface area contributed by atoms with E-state index in [-0.39, 0.29) is 5.78 Å². The molecule has 1 aliphatic heterocycles. The van der Waals surface area contributed by atoms with E-state index in [0.29, 0.717) is 28.5 Å². The maximum atomic E-state index is 12.7. The molecule has 2 aromatic carbocycles. The van der Waals surface area contributed by atoms with E-state index >= 15 is 0 Å². The molecular weight excluding hydrogens is 340 g/mol. The first-order valence-electron chi connectivity index (χ1n) is 6.32. The standard InChI is InChI=1S/C16H12BrClO2/c1-9-6-12(18)2-3-13(9)15(19)14-8-11(17)7-10-4-5-20-16(10)14/h2-3,6-8H,4-5H2,1H3. The number of hydrogen-bond donors (Lipinski definition) is 0. The van der Waals surface area contributed by atoms with E-state index in [1.54, 1.807) is 18.2 Å². The number of carbonyl (C=O) groups is 1. The molecule has 1 heterocycles. The molecule has 102 valence electrons. The molecule has 1 aliphatic rings. The third-order valence-corrected chi connectivity index (χ3v) is 4.12. The second-order valence-corrected chi connectivity index (χ2v) is 6.18. The fourth-order valence-electron chi connectivity index (χ4n) is 2.46. The molecule has 0 aromatic heterocycles. The van der Waals surface area contributed by atoms with Crippen molar-refractivity contribution in [3.8, 4) is 5.75 Å². The molecule has 3 rings (SSSR count). The Hall–Kier alpha value is -1.32. The minimum atomic E-state index is -0.0291. The summed E-state index contributed by atoms with van der Waals surface area (Å²) in [7, 11) is 0. The third kappa shape index (κ3) is 2.36. The van der Waals surface area contributed by atoms with Gasteiger partial charge in [-0.3, -0.25) is 4.79 Å². The van der Waals surface area contributed by atoms with Gasteiger partial charge in [0.15, 0.2) is 5.78 Å². The maximum Gasteiger partial charge on any atom is 0.197 e. The van der Waals surface area contributed by atoms with Gasteiger partial charge in [-0.15, -0.1) is 0 Å². The molecule has 0 amide bonds. The molecule has 0 spiro atoms. The van der Waals surface area contributed by atoms with Crippen molar-refractivity contribution < 1.29 is 9.53 Å². The third-order valence-electron chi connectivity index (χ3n) is 3.43. The highest BCUT2D eigenvalue weighted by atomic mass is 79.9. The largest absolute Gasteiger partial charge is 0.492 e. The molecule has 0 N–H and O–H groups in total. The summed E-state index contributed by atoms with van der Waals surface area (Å²) in [5.74, 6) is 0.686. The fourth-order valence-corrected chi connectivity index (χ4v) is 3.20. The van der Waals surface area contributed by atoms with Crippen LogP contribution in [0.2, 0.25) is 5.02 Å². The maximum absolute atomic E-state index is 12.7. The number of ketones is 1. The highest BCUT2D eigenvalue weighted by Crippen LogP contribution is 2.34. The second-order valence-electron chi connectivity index (χ2n) is 4.83. The minimum absolute atomic E-state index is 0.0291. The predicted molar refractivity (Wildman–Crippen MR) is 83.0 cm³/mol. The van der Waals surface area contributed by atoms with Crippen molar-refractivity contribution in [1.29, 1.82) is 0 Å². The molecule has 0 atom stereocenters. The molecule has 4 heteroatoms. The normalized spacial score (nSPS) is 12.9. The summed E-state index contributed by atoms with van der Waals surface area (Å²) in [5, 5.41) is 0.634. The van der Waals surface area contributed by atoms with Gasteiger partial charge in [0.25, 0.3) is 0 Å². The van der Waals surface area contributed by atoms with Gasteiger partial charge >= 0.3 is 0 Å². The van der Waals surface area contributed by atoms with Gasteiger partial charge in [0.2, 0.25) is 0 Å². The number of ether oxygens (including phenoxy) is 1. The van der Waals surface area contributed by atoms with Gasteiger partial charge in [-0.25, -0.2) is 0 Å². The van der Waals surface area contributed by atoms with Gasteiger partial charge in [-0.05, 0) is 48.4 Å². The van der Waals surface area contributed by atoms with E-state index in [2.05, 4.69) is 15.9 Å². The summed E-state index contributed by atoms with van der Waals surface area (Å²) in [6.45, 7) is 2.52. The molecule has 0 bridgehead atoms. The molecule has 0 saturated heterocycles. The summed E-state index contributed by atoms with van der Waals surface area (Å²) >= 11 is 9.40. The molecular formula is C16H12BrClO2. The Morgan fingerprint density at radius 1 is 1.25 bits per heavy atom. The number of halogens is 2. The van der Waals surface area contributed by atoms with Crippen molar-refractivity contribution in [2.24, 2.45) is 0 Å². The van der Waals surface area contributed by atoms with E-state index in [1.807, 2.05) is 19.1 Å². The van der Waals surface area contributed by atoms with Gasteiger partial charge in [-0.2, -0.15) is 0 Å². The summed E-state index contributed by atoms with van der Waals surface area (Å²) in [6, 6.07) is 9.13. The van der Waals surface area contributed by atoms with Crippen LogP contribution in [0.15, 0.2) is 34.8 Å². The monoisotopic (exact) mass is 350 g/mol. The number of fused-ring (bicyclic) bond motifs is 1. The molecule has 0 saturated carbocycles. The summed E-state index contributed by atoms with van der Waals surface area (Å²) in [5.41, 5.74) is 3.21. The highest BCUT2D eigenvalue weighted by molar-refractivity contribution is 9.10. The van der Waals surface area contributed by atoms with Gasteiger partial charge in [0.05, 0.1) is 12.2 Å². The van der Waals surface area contributed by atoms with Crippen LogP contribution in [0.5, 0.6) is 5.75 Å². The van der Waals surface area contributed by atoms with Gasteiger partial charge < -0.3 is 4.74 Å². The Morgan fingerprint density at radius 2 is 2.05 bits per heavy atom. The average Bonchev–Trinajstić information content (AvgIpc) is 2.85. The number of hydrogen-bond acceptors (Lipinski definition) is 2. The summed E-state index contributed by atoms with van der Waals surface area (Å²) in [4.78, 5) is 12.7. The predicted octanol–water partition coefficient (Wildman–Crippen LogP) is 4.58. The first-order chi connectivity index (χ1) is 9.56. The summed E-state index contributed by atoms with van der Waals surface area (Å²) < 4.78 is 6.52. The number of carbonyl (C=O) groups excluding carboxylic acids is 1. The molecule has 20 heavy (non-hydrogen) atoms. The minimum Gasteiger partial charge on any atom is -0.492 e. The fraction of sp³-hybridized carbons (Fsp3) is 0.188. The quantitative estimate of drug-likeness (QED) is 0.741. The van der Waals surface area contributed by atoms with Crippen LogP contribution in [-0.2, 0) is 6.42 Å². The van der Waals surface area contributed by atoms with Crippen molar-refractivity contribution in [2.75, 3.05) is 6.61 Å². The molecule has 0 aliphatic carbocycles. The van der Waals surface area contributed by atoms with Crippen molar-refractivity contribution in [3.63, 3.8) is 0 Å². The summed E-state index contributed by atoms with van der Waals surface area (Å²) in [6.07, 6.45) is 0.842. The highest BCUT2D eigenvalue weighted by Gasteiger charge is 2.23. The molecule has 0 unspecified atom stereocenters. The lowest BCUT2D eigenvalue weighted by Gasteiger charge is -2.10. The number of benzene rings is 2. The van der Waals surface area contributed by atoms with Crippen LogP contribution >= 0.6 is 27.5 Å². The Labute approximate surface area is 130 Å². The van der Waals surface area contributed by atoms with Crippen molar-refractivity contribution in [2.45, 2.75) is 13.3 Å². The van der Waals surface area contributed by atoms with Gasteiger partial charge in [0, 0.05) is 21.5 Å². The molecule has 0 radical (unpaired) electrons. The van der Waals surface area contributed by atoms with Crippen LogP contribution in [0.1, 0.15) is 27.0 Å². The van der Waals surface area contributed by atoms with Crippen molar-refractivity contribution in [3.05, 3.63) is 62.1 Å². The second kappa shape index (κ2) is 5.23. The SMILES string of the molecule is Cc1cc(Cl)ccc1C(=O)c1cc(Br)cc2c1OCC2. The molecule has 0 fully saturated rings. The zero-order valence-electron chi connectivity index (χ0n) is 10.9. The first-order valence-corrected chi connectivity index (χ1v) is 7.49. The Balaban J connectivity index is 2.11. The molecule has 2 aromatic rings. The van der Waals surface area contributed by atoms with Gasteiger partial charge in [0.1, 0.15) is 5.75 Å². The van der Waals surface area contributed by atoms with Crippen LogP contribution in [0.4, 0.5) is 0 Å². The smallest absolute Gasteiger partial charge is 0.197 e. The number of rotatable bonds is 2. The lowest BCUT2D eigenvalue weighted by molar-refractivity contribution is 0.103. The Morgan fingerprint density at radius 3 is 2.80 bits per heavy atom. The van der Waals surface area contributed by atoms with E-state index in [0.717, 1.165) is 22.0 Å². The van der Waals surface area contributed by atoms with Crippen LogP contribution in [0.3, 0.4) is 0 Å². The first kappa shape index (κ1) is 13.7. The Kier molecular flexibility index (Phi) is 3.57. The number of aryl methyl sites for hydroxylation is 1. The van der Waals surface area contributed by atoms with Crippen LogP contribution < -0.4 is 4.74 Å². The Bertz CT molecular complexity index is 710. The van der Waals surface area contributed by atoms with Crippen LogP contribution in [0, 0.1) is 6.92 Å². The van der Waals surface area contributed by atoms with Crippen molar-refractivity contribution >= 4 is 33.3 Å². The zero-order chi connectivity index (χ0) is 14.3.